The second-order valence-corrected chi connectivity index (χ2v) is 9.06. The molecule has 2 nitrogen and oxygen atoms in total. The highest BCUT2D eigenvalue weighted by Gasteiger charge is 2.35. The predicted octanol–water partition coefficient (Wildman–Crippen LogP) is 4.59. The summed E-state index contributed by atoms with van der Waals surface area (Å²) < 4.78 is 11.6. The molecular weight excluding hydrogens is 228 g/mol. The van der Waals surface area contributed by atoms with E-state index in [0.29, 0.717) is 0 Å². The van der Waals surface area contributed by atoms with Crippen LogP contribution >= 0.6 is 0 Å². The molecule has 0 aromatic heterocycles. The van der Waals surface area contributed by atoms with Crippen LogP contribution in [0.15, 0.2) is 0 Å². The minimum atomic E-state index is -1.90. The van der Waals surface area contributed by atoms with Crippen molar-refractivity contribution in [1.82, 2.24) is 0 Å². The van der Waals surface area contributed by atoms with Gasteiger partial charge < -0.3 is 8.85 Å². The molecule has 104 valence electrons. The maximum Gasteiger partial charge on any atom is 0.337 e. The van der Waals surface area contributed by atoms with E-state index in [2.05, 4.69) is 27.7 Å². The van der Waals surface area contributed by atoms with Gasteiger partial charge in [0.2, 0.25) is 0 Å². The standard InChI is InChI=1S/C14H32O2Si/c1-7-13(3)9-11-17(15-5,16-6)12-10-14(4)8-2/h13-14H,7-12H2,1-6H3. The predicted molar refractivity (Wildman–Crippen MR) is 77.5 cm³/mol. The fourth-order valence-electron chi connectivity index (χ4n) is 1.96. The Morgan fingerprint density at radius 3 is 1.41 bits per heavy atom. The van der Waals surface area contributed by atoms with Crippen molar-refractivity contribution in [3.8, 4) is 0 Å². The van der Waals surface area contributed by atoms with Crippen LogP contribution < -0.4 is 0 Å². The third-order valence-corrected chi connectivity index (χ3v) is 7.76. The van der Waals surface area contributed by atoms with Crippen molar-refractivity contribution in [2.45, 2.75) is 65.5 Å². The van der Waals surface area contributed by atoms with Gasteiger partial charge in [-0.3, -0.25) is 0 Å². The van der Waals surface area contributed by atoms with Gasteiger partial charge in [0.15, 0.2) is 0 Å². The maximum atomic E-state index is 5.79. The molecule has 0 saturated carbocycles. The minimum absolute atomic E-state index is 0.788. The van der Waals surface area contributed by atoms with Gasteiger partial charge in [0, 0.05) is 14.2 Å². The van der Waals surface area contributed by atoms with E-state index in [4.69, 9.17) is 8.85 Å². The van der Waals surface area contributed by atoms with Crippen molar-refractivity contribution in [2.75, 3.05) is 14.2 Å². The smallest absolute Gasteiger partial charge is 0.337 e. The lowest BCUT2D eigenvalue weighted by Crippen LogP contribution is -2.40. The highest BCUT2D eigenvalue weighted by atomic mass is 28.4. The number of rotatable bonds is 10. The molecule has 0 fully saturated rings. The Hall–Kier alpha value is 0.137. The molecule has 2 atom stereocenters. The SMILES string of the molecule is CCC(C)CC[Si](CCC(C)CC)(OC)OC. The Labute approximate surface area is 109 Å². The van der Waals surface area contributed by atoms with E-state index in [9.17, 15) is 0 Å². The molecule has 0 aliphatic heterocycles. The topological polar surface area (TPSA) is 18.5 Å². The van der Waals surface area contributed by atoms with Crippen LogP contribution in [0.25, 0.3) is 0 Å². The Morgan fingerprint density at radius 1 is 0.824 bits per heavy atom. The van der Waals surface area contributed by atoms with Crippen molar-refractivity contribution in [3.63, 3.8) is 0 Å². The molecule has 0 bridgehead atoms. The van der Waals surface area contributed by atoms with Gasteiger partial charge in [0.1, 0.15) is 0 Å². The van der Waals surface area contributed by atoms with Gasteiger partial charge in [0.05, 0.1) is 0 Å². The van der Waals surface area contributed by atoms with Crippen molar-refractivity contribution in [3.05, 3.63) is 0 Å². The first kappa shape index (κ1) is 17.1. The molecule has 0 amide bonds. The van der Waals surface area contributed by atoms with Gasteiger partial charge in [-0.05, 0) is 36.8 Å². The number of hydrogen-bond donors (Lipinski definition) is 0. The first-order valence-electron chi connectivity index (χ1n) is 7.13. The fourth-order valence-corrected chi connectivity index (χ4v) is 5.06. The molecule has 0 heterocycles. The van der Waals surface area contributed by atoms with Crippen LogP contribution in [-0.2, 0) is 8.85 Å². The average molecular weight is 260 g/mol. The second kappa shape index (κ2) is 9.12. The Kier molecular flexibility index (Phi) is 9.19. The van der Waals surface area contributed by atoms with Gasteiger partial charge in [-0.2, -0.15) is 0 Å². The molecule has 2 unspecified atom stereocenters. The summed E-state index contributed by atoms with van der Waals surface area (Å²) in [4.78, 5) is 0. The zero-order valence-corrected chi connectivity index (χ0v) is 13.7. The summed E-state index contributed by atoms with van der Waals surface area (Å²) in [5.74, 6) is 1.58. The summed E-state index contributed by atoms with van der Waals surface area (Å²) in [6.07, 6.45) is 4.99. The summed E-state index contributed by atoms with van der Waals surface area (Å²) in [6, 6.07) is 2.29. The Bertz CT molecular complexity index is 165. The molecule has 3 heteroatoms. The molecule has 17 heavy (non-hydrogen) atoms. The molecule has 0 N–H and O–H groups in total. The third-order valence-electron chi connectivity index (χ3n) is 4.17. The lowest BCUT2D eigenvalue weighted by Gasteiger charge is -2.29. The molecule has 0 aromatic carbocycles. The average Bonchev–Trinajstić information content (AvgIpc) is 2.38. The van der Waals surface area contributed by atoms with Crippen LogP contribution in [0.5, 0.6) is 0 Å². The largest absolute Gasteiger partial charge is 0.398 e. The van der Waals surface area contributed by atoms with Crippen LogP contribution in [-0.4, -0.2) is 22.8 Å². The van der Waals surface area contributed by atoms with Crippen LogP contribution in [0.1, 0.15) is 53.4 Å². The molecule has 0 aliphatic carbocycles. The van der Waals surface area contributed by atoms with E-state index in [1.165, 1.54) is 25.7 Å². The quantitative estimate of drug-likeness (QED) is 0.535. The van der Waals surface area contributed by atoms with Crippen molar-refractivity contribution < 1.29 is 8.85 Å². The lowest BCUT2D eigenvalue weighted by atomic mass is 10.1. The normalized spacial score (nSPS) is 15.9. The molecule has 0 spiro atoms. The zero-order chi connectivity index (χ0) is 13.3. The summed E-state index contributed by atoms with van der Waals surface area (Å²) in [5, 5.41) is 0. The second-order valence-electron chi connectivity index (χ2n) is 5.42. The van der Waals surface area contributed by atoms with Crippen LogP contribution in [0.2, 0.25) is 12.1 Å². The van der Waals surface area contributed by atoms with E-state index in [1.807, 2.05) is 14.2 Å². The van der Waals surface area contributed by atoms with Gasteiger partial charge in [-0.1, -0.05) is 40.5 Å². The zero-order valence-electron chi connectivity index (χ0n) is 12.7. The highest BCUT2D eigenvalue weighted by molar-refractivity contribution is 6.67. The lowest BCUT2D eigenvalue weighted by molar-refractivity contribution is 0.234. The van der Waals surface area contributed by atoms with Gasteiger partial charge in [0.25, 0.3) is 0 Å². The van der Waals surface area contributed by atoms with Gasteiger partial charge in [-0.25, -0.2) is 0 Å². The number of hydrogen-bond acceptors (Lipinski definition) is 2. The van der Waals surface area contributed by atoms with Crippen LogP contribution in [0.4, 0.5) is 0 Å². The monoisotopic (exact) mass is 260 g/mol. The van der Waals surface area contributed by atoms with Crippen molar-refractivity contribution in [2.24, 2.45) is 11.8 Å². The third kappa shape index (κ3) is 6.58. The summed E-state index contributed by atoms with van der Waals surface area (Å²) >= 11 is 0. The molecule has 0 rings (SSSR count). The Morgan fingerprint density at radius 2 is 1.18 bits per heavy atom. The van der Waals surface area contributed by atoms with Gasteiger partial charge >= 0.3 is 8.56 Å². The maximum absolute atomic E-state index is 5.79. The highest BCUT2D eigenvalue weighted by Crippen LogP contribution is 2.27. The molecule has 0 aliphatic rings. The summed E-state index contributed by atoms with van der Waals surface area (Å²) in [6.45, 7) is 9.15. The Balaban J connectivity index is 4.24. The fraction of sp³-hybridized carbons (Fsp3) is 1.00. The summed E-state index contributed by atoms with van der Waals surface area (Å²) in [7, 11) is 1.77. The minimum Gasteiger partial charge on any atom is -0.398 e. The summed E-state index contributed by atoms with van der Waals surface area (Å²) in [5.41, 5.74) is 0. The van der Waals surface area contributed by atoms with Crippen LogP contribution in [0.3, 0.4) is 0 Å². The first-order chi connectivity index (χ1) is 8.03. The van der Waals surface area contributed by atoms with E-state index in [1.54, 1.807) is 0 Å². The van der Waals surface area contributed by atoms with E-state index in [0.717, 1.165) is 23.9 Å². The van der Waals surface area contributed by atoms with Crippen molar-refractivity contribution in [1.29, 1.82) is 0 Å². The van der Waals surface area contributed by atoms with Gasteiger partial charge in [-0.15, -0.1) is 0 Å². The molecule has 0 radical (unpaired) electrons. The molecular formula is C14H32O2Si. The molecule has 0 aromatic rings. The first-order valence-corrected chi connectivity index (χ1v) is 9.36. The molecule has 0 saturated heterocycles. The van der Waals surface area contributed by atoms with E-state index >= 15 is 0 Å². The van der Waals surface area contributed by atoms with E-state index in [-0.39, 0.29) is 0 Å². The van der Waals surface area contributed by atoms with Crippen molar-refractivity contribution >= 4 is 8.56 Å². The van der Waals surface area contributed by atoms with E-state index < -0.39 is 8.56 Å². The van der Waals surface area contributed by atoms with Crippen LogP contribution in [0, 0.1) is 11.8 Å².